The molecule has 0 saturated carbocycles. The van der Waals surface area contributed by atoms with Crippen LogP contribution in [0.1, 0.15) is 6.42 Å². The summed E-state index contributed by atoms with van der Waals surface area (Å²) >= 11 is 17.0. The van der Waals surface area contributed by atoms with E-state index in [1.807, 2.05) is 0 Å². The molecule has 0 nitrogen and oxygen atoms in total. The van der Waals surface area contributed by atoms with Crippen LogP contribution in [-0.2, 0) is 0 Å². The largest absolute Gasteiger partial charge is 0.179 e. The van der Waals surface area contributed by atoms with E-state index in [-0.39, 0.29) is 0 Å². The molecule has 0 unspecified atom stereocenters. The van der Waals surface area contributed by atoms with Crippen LogP contribution in [0.4, 0.5) is 0 Å². The van der Waals surface area contributed by atoms with E-state index in [2.05, 4.69) is 72.3 Å². The zero-order chi connectivity index (χ0) is 10.9. The van der Waals surface area contributed by atoms with Gasteiger partial charge < -0.3 is 0 Å². The molecule has 0 atom stereocenters. The molecule has 1 saturated heterocycles. The molecule has 90 valence electrons. The van der Waals surface area contributed by atoms with Crippen molar-refractivity contribution in [2.75, 3.05) is 34.5 Å². The average Bonchev–Trinajstić information content (AvgIpc) is 2.30. The Morgan fingerprint density at radius 1 is 1.07 bits per heavy atom. The van der Waals surface area contributed by atoms with E-state index in [0.29, 0.717) is 0 Å². The summed E-state index contributed by atoms with van der Waals surface area (Å²) in [6, 6.07) is 0. The van der Waals surface area contributed by atoms with E-state index in [4.69, 9.17) is 0 Å². The fourth-order valence-electron chi connectivity index (χ4n) is 1.21. The Kier molecular flexibility index (Phi) is 10.2. The Morgan fingerprint density at radius 2 is 1.60 bits per heavy atom. The maximum Gasteiger partial charge on any atom is 0.0712 e. The highest BCUT2D eigenvalue weighted by atomic mass is 32.2. The second-order valence-corrected chi connectivity index (χ2v) is 9.51. The second-order valence-electron chi connectivity index (χ2n) is 3.02. The van der Waals surface area contributed by atoms with Crippen molar-refractivity contribution in [1.82, 2.24) is 0 Å². The van der Waals surface area contributed by atoms with Crippen LogP contribution in [0.3, 0.4) is 0 Å². The summed E-state index contributed by atoms with van der Waals surface area (Å²) < 4.78 is 1.52. The van der Waals surface area contributed by atoms with Crippen LogP contribution in [0.25, 0.3) is 0 Å². The van der Waals surface area contributed by atoms with Gasteiger partial charge >= 0.3 is 0 Å². The second kappa shape index (κ2) is 10.1. The number of thioether (sulfide) groups is 4. The smallest absolute Gasteiger partial charge is 0.0712 e. The van der Waals surface area contributed by atoms with Crippen molar-refractivity contribution < 1.29 is 0 Å². The van der Waals surface area contributed by atoms with Gasteiger partial charge in [-0.1, -0.05) is 0 Å². The van der Waals surface area contributed by atoms with Gasteiger partial charge in [0.15, 0.2) is 0 Å². The highest BCUT2D eigenvalue weighted by Crippen LogP contribution is 2.42. The number of hydrogen-bond donors (Lipinski definition) is 2. The molecule has 0 aliphatic carbocycles. The molecule has 0 aromatic heterocycles. The summed E-state index contributed by atoms with van der Waals surface area (Å²) in [7, 11) is 0. The summed E-state index contributed by atoms with van der Waals surface area (Å²) in [4.78, 5) is 0. The van der Waals surface area contributed by atoms with E-state index in [0.717, 1.165) is 20.7 Å². The van der Waals surface area contributed by atoms with Gasteiger partial charge in [-0.2, -0.15) is 25.3 Å². The Bertz CT molecular complexity index is 140. The van der Waals surface area contributed by atoms with Crippen LogP contribution in [0, 0.1) is 0 Å². The lowest BCUT2D eigenvalue weighted by atomic mass is 10.6. The quantitative estimate of drug-likeness (QED) is 0.540. The summed E-state index contributed by atoms with van der Waals surface area (Å²) in [5.41, 5.74) is 0. The minimum absolute atomic E-state index is 0.736. The van der Waals surface area contributed by atoms with E-state index >= 15 is 0 Å². The third-order valence-corrected chi connectivity index (χ3v) is 9.53. The molecule has 0 radical (unpaired) electrons. The average molecular weight is 319 g/mol. The van der Waals surface area contributed by atoms with E-state index in [9.17, 15) is 0 Å². The third kappa shape index (κ3) is 6.55. The van der Waals surface area contributed by atoms with Crippen molar-refractivity contribution in [2.45, 2.75) is 15.6 Å². The normalized spacial score (nSPS) is 18.6. The topological polar surface area (TPSA) is 0 Å². The summed E-state index contributed by atoms with van der Waals surface area (Å²) in [5, 5.41) is 0. The van der Waals surface area contributed by atoms with Crippen LogP contribution >= 0.6 is 72.3 Å². The van der Waals surface area contributed by atoms with E-state index < -0.39 is 0 Å². The maximum absolute atomic E-state index is 4.29. The van der Waals surface area contributed by atoms with E-state index in [1.54, 1.807) is 0 Å². The Morgan fingerprint density at radius 3 is 2.07 bits per heavy atom. The molecular weight excluding hydrogens is 301 g/mol. The van der Waals surface area contributed by atoms with Gasteiger partial charge in [-0.15, -0.1) is 47.0 Å². The first-order valence-electron chi connectivity index (χ1n) is 5.06. The zero-order valence-corrected chi connectivity index (χ0v) is 13.7. The number of hydrogen-bond acceptors (Lipinski definition) is 6. The fraction of sp³-hybridized carbons (Fsp3) is 1.00. The van der Waals surface area contributed by atoms with Crippen molar-refractivity contribution in [3.05, 3.63) is 0 Å². The summed E-state index contributed by atoms with van der Waals surface area (Å²) in [5.74, 6) is 7.01. The molecule has 0 spiro atoms. The van der Waals surface area contributed by atoms with Crippen molar-refractivity contribution in [1.29, 1.82) is 0 Å². The van der Waals surface area contributed by atoms with Crippen LogP contribution in [0.5, 0.6) is 0 Å². The first-order valence-corrected chi connectivity index (χ1v) is 10.5. The molecule has 1 fully saturated rings. The molecule has 1 aliphatic rings. The van der Waals surface area contributed by atoms with Crippen LogP contribution < -0.4 is 0 Å². The molecule has 6 heteroatoms. The summed E-state index contributed by atoms with van der Waals surface area (Å²) in [6.45, 7) is 0. The van der Waals surface area contributed by atoms with Gasteiger partial charge in [0.05, 0.1) is 9.16 Å². The minimum atomic E-state index is 0.736. The van der Waals surface area contributed by atoms with Gasteiger partial charge in [-0.25, -0.2) is 0 Å². The molecule has 0 aromatic rings. The third-order valence-electron chi connectivity index (χ3n) is 1.82. The zero-order valence-electron chi connectivity index (χ0n) is 8.63. The minimum Gasteiger partial charge on any atom is -0.179 e. The predicted molar refractivity (Wildman–Crippen MR) is 89.7 cm³/mol. The fourth-order valence-corrected chi connectivity index (χ4v) is 8.22. The monoisotopic (exact) mass is 318 g/mol. The lowest BCUT2D eigenvalue weighted by Crippen LogP contribution is -2.19. The van der Waals surface area contributed by atoms with Crippen LogP contribution in [0.2, 0.25) is 0 Å². The van der Waals surface area contributed by atoms with Crippen molar-refractivity contribution >= 4 is 72.3 Å². The molecule has 15 heavy (non-hydrogen) atoms. The molecule has 0 bridgehead atoms. The predicted octanol–water partition coefficient (Wildman–Crippen LogP) is 3.83. The molecule has 1 rings (SSSR count). The van der Waals surface area contributed by atoms with Crippen LogP contribution in [-0.4, -0.2) is 43.7 Å². The van der Waals surface area contributed by atoms with Gasteiger partial charge in [0.1, 0.15) is 0 Å². The standard InChI is InChI=1S/C9H18S6/c10-2-6-14-9(15-7-3-11)8-12-4-1-5-13-8/h8-11H,1-7H2. The van der Waals surface area contributed by atoms with Gasteiger partial charge in [-0.05, 0) is 29.4 Å². The molecule has 1 heterocycles. The van der Waals surface area contributed by atoms with Gasteiger partial charge in [0, 0.05) is 11.5 Å². The van der Waals surface area contributed by atoms with Gasteiger partial charge in [0.25, 0.3) is 0 Å². The van der Waals surface area contributed by atoms with Crippen molar-refractivity contribution in [3.63, 3.8) is 0 Å². The SMILES string of the molecule is SCCSC(SCCS)C1SCCCS1. The Hall–Kier alpha value is 2.10. The maximum atomic E-state index is 4.29. The molecular formula is C9H18S6. The van der Waals surface area contributed by atoms with Gasteiger partial charge in [0.2, 0.25) is 0 Å². The number of rotatable bonds is 7. The first kappa shape index (κ1) is 15.2. The van der Waals surface area contributed by atoms with Crippen molar-refractivity contribution in [2.24, 2.45) is 0 Å². The first-order chi connectivity index (χ1) is 7.38. The molecule has 0 N–H and O–H groups in total. The molecule has 1 aliphatic heterocycles. The molecule has 0 amide bonds. The Balaban J connectivity index is 2.30. The number of thiol groups is 2. The highest BCUT2D eigenvalue weighted by molar-refractivity contribution is 8.23. The van der Waals surface area contributed by atoms with E-state index in [1.165, 1.54) is 29.4 Å². The van der Waals surface area contributed by atoms with Crippen LogP contribution in [0.15, 0.2) is 0 Å². The van der Waals surface area contributed by atoms with Gasteiger partial charge in [-0.3, -0.25) is 0 Å². The van der Waals surface area contributed by atoms with Crippen molar-refractivity contribution in [3.8, 4) is 0 Å². The lowest BCUT2D eigenvalue weighted by Gasteiger charge is -2.28. The Labute approximate surface area is 121 Å². The highest BCUT2D eigenvalue weighted by Gasteiger charge is 2.25. The summed E-state index contributed by atoms with van der Waals surface area (Å²) in [6.07, 6.45) is 1.38. The molecule has 0 aromatic carbocycles. The lowest BCUT2D eigenvalue weighted by molar-refractivity contribution is 1.09.